The minimum atomic E-state index is -1.00. The summed E-state index contributed by atoms with van der Waals surface area (Å²) in [4.78, 5) is 11.0. The average Bonchev–Trinajstić information content (AvgIpc) is 2.67. The molecule has 1 heterocycles. The summed E-state index contributed by atoms with van der Waals surface area (Å²) in [7, 11) is 0. The molecule has 0 aliphatic heterocycles. The van der Waals surface area contributed by atoms with Crippen molar-refractivity contribution in [3.8, 4) is 11.3 Å². The second kappa shape index (κ2) is 4.08. The van der Waals surface area contributed by atoms with Gasteiger partial charge in [-0.1, -0.05) is 38.6 Å². The molecular weight excluding hydrogens is 280 g/mol. The Bertz CT molecular complexity index is 512. The fourth-order valence-electron chi connectivity index (χ4n) is 1.16. The summed E-state index contributed by atoms with van der Waals surface area (Å²) in [6.07, 6.45) is 0. The molecule has 0 spiro atoms. The second-order valence-corrected chi connectivity index (χ2v) is 4.34. The number of benzene rings is 1. The van der Waals surface area contributed by atoms with Gasteiger partial charge in [-0.15, -0.1) is 5.10 Å². The van der Waals surface area contributed by atoms with Crippen LogP contribution in [0.15, 0.2) is 28.7 Å². The zero-order chi connectivity index (χ0) is 10.8. The summed E-state index contributed by atoms with van der Waals surface area (Å²) in [5.41, 5.74) is 1.14. The lowest BCUT2D eigenvalue weighted by Gasteiger charge is -2.00. The number of halogens is 1. The molecule has 2 aromatic rings. The van der Waals surface area contributed by atoms with Gasteiger partial charge in [-0.3, -0.25) is 0 Å². The van der Waals surface area contributed by atoms with Crippen molar-refractivity contribution in [1.82, 2.24) is 9.59 Å². The monoisotopic (exact) mass is 284 g/mol. The van der Waals surface area contributed by atoms with Crippen molar-refractivity contribution in [2.75, 3.05) is 0 Å². The Labute approximate surface area is 97.9 Å². The number of aromatic nitrogens is 2. The molecule has 76 valence electrons. The van der Waals surface area contributed by atoms with Gasteiger partial charge in [0.05, 0.1) is 0 Å². The zero-order valence-electron chi connectivity index (χ0n) is 7.35. The minimum absolute atomic E-state index is 0.155. The lowest BCUT2D eigenvalue weighted by atomic mass is 10.1. The highest BCUT2D eigenvalue weighted by molar-refractivity contribution is 9.10. The molecule has 15 heavy (non-hydrogen) atoms. The van der Waals surface area contributed by atoms with E-state index in [1.165, 1.54) is 0 Å². The Balaban J connectivity index is 2.59. The molecule has 0 fully saturated rings. The Morgan fingerprint density at radius 2 is 2.13 bits per heavy atom. The Hall–Kier alpha value is -1.27. The maximum absolute atomic E-state index is 10.9. The third-order valence-electron chi connectivity index (χ3n) is 1.81. The molecule has 0 aliphatic rings. The van der Waals surface area contributed by atoms with Crippen LogP contribution in [0.2, 0.25) is 0 Å². The molecule has 0 unspecified atom stereocenters. The third-order valence-corrected chi connectivity index (χ3v) is 3.22. The normalized spacial score (nSPS) is 10.2. The van der Waals surface area contributed by atoms with Crippen LogP contribution in [0.3, 0.4) is 0 Å². The van der Waals surface area contributed by atoms with E-state index in [2.05, 4.69) is 25.5 Å². The highest BCUT2D eigenvalue weighted by Gasteiger charge is 2.17. The van der Waals surface area contributed by atoms with Crippen molar-refractivity contribution in [3.63, 3.8) is 0 Å². The van der Waals surface area contributed by atoms with Gasteiger partial charge in [0.15, 0.2) is 4.88 Å². The van der Waals surface area contributed by atoms with Gasteiger partial charge in [-0.05, 0) is 17.6 Å². The van der Waals surface area contributed by atoms with Crippen molar-refractivity contribution in [3.05, 3.63) is 33.6 Å². The molecule has 0 saturated carbocycles. The number of hydrogen-bond donors (Lipinski definition) is 1. The average molecular weight is 285 g/mol. The molecule has 0 atom stereocenters. The van der Waals surface area contributed by atoms with Crippen molar-refractivity contribution in [2.24, 2.45) is 0 Å². The molecular formula is C9H5BrN2O2S. The van der Waals surface area contributed by atoms with E-state index in [9.17, 15) is 4.79 Å². The first kappa shape index (κ1) is 10.3. The standard InChI is InChI=1S/C9H5BrN2O2S/c10-6-4-2-1-3-5(6)7-8(9(13)14)15-12-11-7/h1-4H,(H,13,14). The van der Waals surface area contributed by atoms with Crippen LogP contribution in [-0.2, 0) is 0 Å². The van der Waals surface area contributed by atoms with Crippen LogP contribution in [0.4, 0.5) is 0 Å². The molecule has 1 aromatic heterocycles. The van der Waals surface area contributed by atoms with E-state index in [1.54, 1.807) is 6.07 Å². The van der Waals surface area contributed by atoms with Crippen LogP contribution in [0.1, 0.15) is 9.67 Å². The van der Waals surface area contributed by atoms with Gasteiger partial charge >= 0.3 is 5.97 Å². The smallest absolute Gasteiger partial charge is 0.349 e. The van der Waals surface area contributed by atoms with Gasteiger partial charge in [0, 0.05) is 10.0 Å². The minimum Gasteiger partial charge on any atom is -0.477 e. The predicted octanol–water partition coefficient (Wildman–Crippen LogP) is 2.67. The Morgan fingerprint density at radius 3 is 2.80 bits per heavy atom. The van der Waals surface area contributed by atoms with E-state index in [1.807, 2.05) is 18.2 Å². The topological polar surface area (TPSA) is 63.1 Å². The maximum Gasteiger partial charge on any atom is 0.349 e. The summed E-state index contributed by atoms with van der Waals surface area (Å²) >= 11 is 4.22. The van der Waals surface area contributed by atoms with Crippen LogP contribution in [0.25, 0.3) is 11.3 Å². The number of carboxylic acid groups (broad SMARTS) is 1. The van der Waals surface area contributed by atoms with E-state index in [-0.39, 0.29) is 4.88 Å². The van der Waals surface area contributed by atoms with E-state index in [0.29, 0.717) is 5.69 Å². The first-order chi connectivity index (χ1) is 7.20. The fourth-order valence-corrected chi connectivity index (χ4v) is 2.15. The molecule has 0 amide bonds. The van der Waals surface area contributed by atoms with Gasteiger partial charge in [-0.2, -0.15) is 0 Å². The van der Waals surface area contributed by atoms with Crippen LogP contribution < -0.4 is 0 Å². The van der Waals surface area contributed by atoms with Crippen LogP contribution in [0, 0.1) is 0 Å². The summed E-state index contributed by atoms with van der Waals surface area (Å²) in [6, 6.07) is 7.31. The van der Waals surface area contributed by atoms with Gasteiger partial charge in [-0.25, -0.2) is 4.79 Å². The molecule has 1 aromatic carbocycles. The summed E-state index contributed by atoms with van der Waals surface area (Å²) < 4.78 is 4.46. The molecule has 0 aliphatic carbocycles. The van der Waals surface area contributed by atoms with Crippen molar-refractivity contribution < 1.29 is 9.90 Å². The van der Waals surface area contributed by atoms with Crippen molar-refractivity contribution in [1.29, 1.82) is 0 Å². The lowest BCUT2D eigenvalue weighted by Crippen LogP contribution is -1.95. The van der Waals surface area contributed by atoms with E-state index in [4.69, 9.17) is 5.11 Å². The number of carboxylic acids is 1. The first-order valence-electron chi connectivity index (χ1n) is 4.00. The van der Waals surface area contributed by atoms with E-state index < -0.39 is 5.97 Å². The van der Waals surface area contributed by atoms with Crippen molar-refractivity contribution >= 4 is 33.4 Å². The quantitative estimate of drug-likeness (QED) is 0.921. The zero-order valence-corrected chi connectivity index (χ0v) is 9.75. The van der Waals surface area contributed by atoms with Crippen molar-refractivity contribution in [2.45, 2.75) is 0 Å². The van der Waals surface area contributed by atoms with Gasteiger partial charge in [0.25, 0.3) is 0 Å². The number of carbonyl (C=O) groups is 1. The lowest BCUT2D eigenvalue weighted by molar-refractivity contribution is 0.0702. The third kappa shape index (κ3) is 1.91. The van der Waals surface area contributed by atoms with Gasteiger partial charge in [0.1, 0.15) is 5.69 Å². The van der Waals surface area contributed by atoms with E-state index in [0.717, 1.165) is 21.6 Å². The predicted molar refractivity (Wildman–Crippen MR) is 60.0 cm³/mol. The molecule has 0 bridgehead atoms. The fraction of sp³-hybridized carbons (Fsp3) is 0. The SMILES string of the molecule is O=C(O)c1snnc1-c1ccccc1Br. The van der Waals surface area contributed by atoms with Gasteiger partial charge in [0.2, 0.25) is 0 Å². The molecule has 0 saturated heterocycles. The summed E-state index contributed by atoms with van der Waals surface area (Å²) in [5, 5.41) is 12.7. The summed E-state index contributed by atoms with van der Waals surface area (Å²) in [6.45, 7) is 0. The number of hydrogen-bond acceptors (Lipinski definition) is 4. The van der Waals surface area contributed by atoms with Crippen LogP contribution >= 0.6 is 27.5 Å². The molecule has 0 radical (unpaired) electrons. The van der Waals surface area contributed by atoms with Gasteiger partial charge < -0.3 is 5.11 Å². The maximum atomic E-state index is 10.9. The van der Waals surface area contributed by atoms with Crippen LogP contribution in [0.5, 0.6) is 0 Å². The highest BCUT2D eigenvalue weighted by atomic mass is 79.9. The molecule has 4 nitrogen and oxygen atoms in total. The highest BCUT2D eigenvalue weighted by Crippen LogP contribution is 2.30. The molecule has 2 rings (SSSR count). The summed E-state index contributed by atoms with van der Waals surface area (Å²) in [5.74, 6) is -1.00. The second-order valence-electron chi connectivity index (χ2n) is 2.74. The number of nitrogens with zero attached hydrogens (tertiary/aromatic N) is 2. The first-order valence-corrected chi connectivity index (χ1v) is 5.57. The van der Waals surface area contributed by atoms with E-state index >= 15 is 0 Å². The largest absolute Gasteiger partial charge is 0.477 e. The molecule has 1 N–H and O–H groups in total. The van der Waals surface area contributed by atoms with Crippen LogP contribution in [-0.4, -0.2) is 20.7 Å². The number of aromatic carboxylic acids is 1. The Kier molecular flexibility index (Phi) is 2.79. The number of rotatable bonds is 2. The Morgan fingerprint density at radius 1 is 1.40 bits per heavy atom. The molecule has 6 heteroatoms.